The van der Waals surface area contributed by atoms with Crippen molar-refractivity contribution in [2.75, 3.05) is 0 Å². The lowest BCUT2D eigenvalue weighted by atomic mass is 9.71. The van der Waals surface area contributed by atoms with Gasteiger partial charge in [-0.3, -0.25) is 4.79 Å². The van der Waals surface area contributed by atoms with E-state index in [0.29, 0.717) is 24.2 Å². The number of ether oxygens (including phenoxy) is 1. The van der Waals surface area contributed by atoms with Gasteiger partial charge in [0.25, 0.3) is 0 Å². The number of carbonyl (C=O) groups is 1. The fourth-order valence-corrected chi connectivity index (χ4v) is 4.53. The van der Waals surface area contributed by atoms with Crippen LogP contribution in [0.3, 0.4) is 0 Å². The molecule has 0 bridgehead atoms. The molecule has 0 unspecified atom stereocenters. The summed E-state index contributed by atoms with van der Waals surface area (Å²) in [5, 5.41) is 10.4. The van der Waals surface area contributed by atoms with Gasteiger partial charge in [-0.2, -0.15) is 0 Å². The number of aliphatic hydroxyl groups is 1. The van der Waals surface area contributed by atoms with E-state index in [1.807, 2.05) is 0 Å². The average Bonchev–Trinajstić information content (AvgIpc) is 2.54. The second kappa shape index (κ2) is 5.60. The van der Waals surface area contributed by atoms with Crippen molar-refractivity contribution in [3.63, 3.8) is 0 Å². The van der Waals surface area contributed by atoms with Gasteiger partial charge in [-0.05, 0) is 56.1 Å². The number of hydrogen-bond acceptors (Lipinski definition) is 3. The molecule has 3 aliphatic carbocycles. The summed E-state index contributed by atoms with van der Waals surface area (Å²) in [6.07, 6.45) is 10.7. The first-order chi connectivity index (χ1) is 10.8. The van der Waals surface area contributed by atoms with E-state index < -0.39 is 0 Å². The molecule has 4 aliphatic rings. The van der Waals surface area contributed by atoms with Gasteiger partial charge in [0, 0.05) is 37.2 Å². The minimum absolute atomic E-state index is 0.0344. The summed E-state index contributed by atoms with van der Waals surface area (Å²) in [7, 11) is 0. The van der Waals surface area contributed by atoms with Crippen LogP contribution in [0.4, 0.5) is 0 Å². The SMILES string of the molecule is O=C1CCCC(O)=C1C1C2=C(CCCC2)OC2=C1CCCC2. The van der Waals surface area contributed by atoms with Crippen LogP contribution in [0.2, 0.25) is 0 Å². The normalized spacial score (nSPS) is 26.8. The molecule has 0 radical (unpaired) electrons. The summed E-state index contributed by atoms with van der Waals surface area (Å²) in [5.74, 6) is 2.75. The second-order valence-corrected chi connectivity index (χ2v) is 6.98. The highest BCUT2D eigenvalue weighted by molar-refractivity contribution is 5.98. The van der Waals surface area contributed by atoms with Crippen molar-refractivity contribution in [3.05, 3.63) is 34.0 Å². The Morgan fingerprint density at radius 1 is 0.773 bits per heavy atom. The van der Waals surface area contributed by atoms with Gasteiger partial charge in [0.2, 0.25) is 0 Å². The first-order valence-electron chi connectivity index (χ1n) is 8.82. The lowest BCUT2D eigenvalue weighted by molar-refractivity contribution is -0.116. The standard InChI is InChI=1S/C19H24O3/c20-14-8-5-9-15(21)19(14)18-12-6-1-3-10-16(12)22-17-11-4-2-7-13(17)18/h18,20H,1-11H2. The molecule has 4 rings (SSSR count). The smallest absolute Gasteiger partial charge is 0.163 e. The number of Topliss-reactive ketones (excluding diaryl/α,β-unsaturated/α-hetero) is 1. The highest BCUT2D eigenvalue weighted by Crippen LogP contribution is 2.49. The Bertz CT molecular complexity index is 574. The maximum absolute atomic E-state index is 12.5. The topological polar surface area (TPSA) is 46.5 Å². The second-order valence-electron chi connectivity index (χ2n) is 6.98. The summed E-state index contributed by atoms with van der Waals surface area (Å²) in [6, 6.07) is 0. The van der Waals surface area contributed by atoms with Crippen molar-refractivity contribution in [1.29, 1.82) is 0 Å². The van der Waals surface area contributed by atoms with E-state index in [4.69, 9.17) is 4.74 Å². The third-order valence-corrected chi connectivity index (χ3v) is 5.58. The zero-order valence-corrected chi connectivity index (χ0v) is 13.1. The third kappa shape index (κ3) is 2.22. The molecular weight excluding hydrogens is 276 g/mol. The van der Waals surface area contributed by atoms with Gasteiger partial charge in [-0.15, -0.1) is 0 Å². The van der Waals surface area contributed by atoms with E-state index in [1.54, 1.807) is 0 Å². The highest BCUT2D eigenvalue weighted by Gasteiger charge is 2.40. The van der Waals surface area contributed by atoms with Crippen molar-refractivity contribution < 1.29 is 14.6 Å². The fourth-order valence-electron chi connectivity index (χ4n) is 4.53. The quantitative estimate of drug-likeness (QED) is 0.752. The minimum Gasteiger partial charge on any atom is -0.512 e. The van der Waals surface area contributed by atoms with E-state index in [1.165, 1.54) is 36.8 Å². The number of allylic oxidation sites excluding steroid dienone is 6. The zero-order chi connectivity index (χ0) is 15.1. The molecule has 3 nitrogen and oxygen atoms in total. The van der Waals surface area contributed by atoms with Gasteiger partial charge in [0.05, 0.1) is 5.76 Å². The molecule has 22 heavy (non-hydrogen) atoms. The van der Waals surface area contributed by atoms with Crippen LogP contribution >= 0.6 is 0 Å². The molecule has 1 aliphatic heterocycles. The molecule has 0 atom stereocenters. The van der Waals surface area contributed by atoms with Crippen LogP contribution in [0.15, 0.2) is 34.0 Å². The minimum atomic E-state index is 0.0344. The summed E-state index contributed by atoms with van der Waals surface area (Å²) in [5.41, 5.74) is 3.30. The Morgan fingerprint density at radius 2 is 1.36 bits per heavy atom. The lowest BCUT2D eigenvalue weighted by Crippen LogP contribution is -2.29. The number of carbonyl (C=O) groups excluding carboxylic acids is 1. The summed E-state index contributed by atoms with van der Waals surface area (Å²) in [4.78, 5) is 12.5. The number of hydrogen-bond donors (Lipinski definition) is 1. The first-order valence-corrected chi connectivity index (χ1v) is 8.82. The van der Waals surface area contributed by atoms with E-state index in [9.17, 15) is 9.90 Å². The number of ketones is 1. The molecule has 0 spiro atoms. The van der Waals surface area contributed by atoms with Crippen LogP contribution < -0.4 is 0 Å². The Balaban J connectivity index is 1.84. The first kappa shape index (κ1) is 14.1. The van der Waals surface area contributed by atoms with Crippen molar-refractivity contribution >= 4 is 5.78 Å². The van der Waals surface area contributed by atoms with Gasteiger partial charge in [-0.25, -0.2) is 0 Å². The summed E-state index contributed by atoms with van der Waals surface area (Å²) in [6.45, 7) is 0. The molecule has 0 aromatic carbocycles. The third-order valence-electron chi connectivity index (χ3n) is 5.58. The van der Waals surface area contributed by atoms with Crippen LogP contribution in [-0.2, 0) is 9.53 Å². The molecule has 1 N–H and O–H groups in total. The Kier molecular flexibility index (Phi) is 3.59. The Morgan fingerprint density at radius 3 is 1.95 bits per heavy atom. The molecule has 0 aromatic heterocycles. The van der Waals surface area contributed by atoms with Crippen LogP contribution in [0.1, 0.15) is 70.6 Å². The Hall–Kier alpha value is -1.51. The van der Waals surface area contributed by atoms with Crippen molar-refractivity contribution in [2.45, 2.75) is 70.6 Å². The maximum Gasteiger partial charge on any atom is 0.163 e. The van der Waals surface area contributed by atoms with E-state index in [-0.39, 0.29) is 11.7 Å². The summed E-state index contributed by atoms with van der Waals surface area (Å²) < 4.78 is 6.23. The molecule has 3 heteroatoms. The van der Waals surface area contributed by atoms with E-state index in [2.05, 4.69) is 0 Å². The number of rotatable bonds is 1. The highest BCUT2D eigenvalue weighted by atomic mass is 16.5. The number of aliphatic hydroxyl groups excluding tert-OH is 1. The predicted molar refractivity (Wildman–Crippen MR) is 84.1 cm³/mol. The summed E-state index contributed by atoms with van der Waals surface area (Å²) >= 11 is 0. The maximum atomic E-state index is 12.5. The van der Waals surface area contributed by atoms with Crippen LogP contribution in [0.25, 0.3) is 0 Å². The van der Waals surface area contributed by atoms with E-state index in [0.717, 1.165) is 43.6 Å². The molecule has 118 valence electrons. The van der Waals surface area contributed by atoms with Crippen LogP contribution in [0.5, 0.6) is 0 Å². The zero-order valence-electron chi connectivity index (χ0n) is 13.1. The molecule has 0 saturated heterocycles. The molecule has 0 fully saturated rings. The predicted octanol–water partition coefficient (Wildman–Crippen LogP) is 4.85. The molecule has 1 heterocycles. The Labute approximate surface area is 131 Å². The monoisotopic (exact) mass is 300 g/mol. The van der Waals surface area contributed by atoms with Crippen molar-refractivity contribution in [1.82, 2.24) is 0 Å². The van der Waals surface area contributed by atoms with Crippen molar-refractivity contribution in [2.24, 2.45) is 5.92 Å². The van der Waals surface area contributed by atoms with Gasteiger partial charge < -0.3 is 9.84 Å². The van der Waals surface area contributed by atoms with Gasteiger partial charge in [-0.1, -0.05) is 0 Å². The van der Waals surface area contributed by atoms with Gasteiger partial charge >= 0.3 is 0 Å². The van der Waals surface area contributed by atoms with Gasteiger partial charge in [0.1, 0.15) is 11.5 Å². The van der Waals surface area contributed by atoms with Crippen LogP contribution in [-0.4, -0.2) is 10.9 Å². The van der Waals surface area contributed by atoms with Crippen molar-refractivity contribution in [3.8, 4) is 0 Å². The molecule has 0 amide bonds. The molecular formula is C19H24O3. The molecule has 0 aromatic rings. The van der Waals surface area contributed by atoms with Crippen LogP contribution in [0, 0.1) is 5.92 Å². The lowest BCUT2D eigenvalue weighted by Gasteiger charge is -2.38. The molecule has 0 saturated carbocycles. The van der Waals surface area contributed by atoms with Gasteiger partial charge in [0.15, 0.2) is 5.78 Å². The fraction of sp³-hybridized carbons (Fsp3) is 0.632. The van der Waals surface area contributed by atoms with E-state index >= 15 is 0 Å². The average molecular weight is 300 g/mol. The largest absolute Gasteiger partial charge is 0.512 e.